The van der Waals surface area contributed by atoms with E-state index >= 15 is 0 Å². The lowest BCUT2D eigenvalue weighted by atomic mass is 9.87. The van der Waals surface area contributed by atoms with Gasteiger partial charge >= 0.3 is 12.0 Å². The Balaban J connectivity index is 1.36. The molecule has 1 fully saturated rings. The van der Waals surface area contributed by atoms with Crippen LogP contribution in [-0.4, -0.2) is 42.2 Å². The van der Waals surface area contributed by atoms with Crippen LogP contribution in [0.3, 0.4) is 0 Å². The summed E-state index contributed by atoms with van der Waals surface area (Å²) >= 11 is 0. The number of anilines is 1. The van der Waals surface area contributed by atoms with Gasteiger partial charge in [0.2, 0.25) is 0 Å². The Bertz CT molecular complexity index is 937. The fraction of sp³-hybridized carbons (Fsp3) is 0.375. The number of hydrogen-bond donors (Lipinski definition) is 4. The van der Waals surface area contributed by atoms with E-state index in [-0.39, 0.29) is 24.0 Å². The van der Waals surface area contributed by atoms with Crippen LogP contribution in [0.5, 0.6) is 5.75 Å². The van der Waals surface area contributed by atoms with Crippen LogP contribution in [0.25, 0.3) is 0 Å². The summed E-state index contributed by atoms with van der Waals surface area (Å²) in [5.74, 6) is -0.584. The zero-order valence-electron chi connectivity index (χ0n) is 18.1. The fourth-order valence-corrected chi connectivity index (χ4v) is 3.64. The van der Waals surface area contributed by atoms with E-state index < -0.39 is 5.97 Å². The Kier molecular flexibility index (Phi) is 8.08. The van der Waals surface area contributed by atoms with Gasteiger partial charge in [0.05, 0.1) is 12.0 Å². The van der Waals surface area contributed by atoms with E-state index in [1.54, 1.807) is 24.3 Å². The van der Waals surface area contributed by atoms with E-state index in [9.17, 15) is 14.4 Å². The predicted octanol–water partition coefficient (Wildman–Crippen LogP) is 3.57. The molecule has 32 heavy (non-hydrogen) atoms. The molecule has 8 heteroatoms. The number of aryl methyl sites for hydroxylation is 1. The maximum atomic E-state index is 12.3. The number of carbonyl (C=O) groups is 3. The molecule has 3 rings (SSSR count). The number of para-hydroxylation sites is 1. The zero-order chi connectivity index (χ0) is 22.9. The minimum Gasteiger partial charge on any atom is -0.490 e. The van der Waals surface area contributed by atoms with E-state index in [0.29, 0.717) is 50.1 Å². The van der Waals surface area contributed by atoms with Crippen LogP contribution in [-0.2, 0) is 4.79 Å². The average Bonchev–Trinajstić information content (AvgIpc) is 2.79. The molecule has 0 spiro atoms. The summed E-state index contributed by atoms with van der Waals surface area (Å²) in [6.45, 7) is 2.50. The molecule has 0 aliphatic heterocycles. The molecule has 0 aromatic heterocycles. The quantitative estimate of drug-likeness (QED) is 0.469. The van der Waals surface area contributed by atoms with Crippen molar-refractivity contribution in [2.45, 2.75) is 38.7 Å². The molecular weight excluding hydrogens is 410 g/mol. The summed E-state index contributed by atoms with van der Waals surface area (Å²) in [6.07, 6.45) is 2.67. The summed E-state index contributed by atoms with van der Waals surface area (Å²) in [5, 5.41) is 17.3. The van der Waals surface area contributed by atoms with E-state index in [1.165, 1.54) is 0 Å². The molecule has 0 radical (unpaired) electrons. The van der Waals surface area contributed by atoms with Crippen LogP contribution in [0.4, 0.5) is 10.5 Å². The normalized spacial score (nSPS) is 17.8. The molecule has 2 aromatic rings. The van der Waals surface area contributed by atoms with Gasteiger partial charge in [0.25, 0.3) is 5.91 Å². The van der Waals surface area contributed by atoms with Gasteiger partial charge in [-0.05, 0) is 68.5 Å². The van der Waals surface area contributed by atoms with Crippen molar-refractivity contribution in [3.8, 4) is 5.75 Å². The van der Waals surface area contributed by atoms with Crippen molar-refractivity contribution in [3.63, 3.8) is 0 Å². The summed E-state index contributed by atoms with van der Waals surface area (Å²) in [5.41, 5.74) is 2.21. The molecular formula is C24H29N3O5. The van der Waals surface area contributed by atoms with Gasteiger partial charge in [-0.15, -0.1) is 0 Å². The first-order valence-electron chi connectivity index (χ1n) is 10.8. The second-order valence-corrected chi connectivity index (χ2v) is 7.91. The van der Waals surface area contributed by atoms with Gasteiger partial charge in [-0.25, -0.2) is 4.79 Å². The third-order valence-electron chi connectivity index (χ3n) is 5.53. The highest BCUT2D eigenvalue weighted by Gasteiger charge is 2.26. The Labute approximate surface area is 187 Å². The van der Waals surface area contributed by atoms with Gasteiger partial charge in [0.1, 0.15) is 5.75 Å². The number of benzene rings is 2. The number of carbonyl (C=O) groups excluding carboxylic acids is 2. The largest absolute Gasteiger partial charge is 0.490 e. The number of nitrogens with one attached hydrogen (secondary N) is 3. The van der Waals surface area contributed by atoms with Crippen LogP contribution in [0.2, 0.25) is 0 Å². The first-order chi connectivity index (χ1) is 15.4. The highest BCUT2D eigenvalue weighted by atomic mass is 16.5. The molecule has 0 saturated heterocycles. The minimum absolute atomic E-state index is 0.00201. The van der Waals surface area contributed by atoms with E-state index in [2.05, 4.69) is 16.0 Å². The minimum atomic E-state index is -0.735. The summed E-state index contributed by atoms with van der Waals surface area (Å²) in [6, 6.07) is 14.0. The van der Waals surface area contributed by atoms with Gasteiger partial charge < -0.3 is 25.8 Å². The van der Waals surface area contributed by atoms with E-state index in [1.807, 2.05) is 31.2 Å². The standard InChI is InChI=1S/C24H29N3O5/c1-16-4-2-3-5-21(16)27-24(31)26-15-14-25-22(28)17-6-10-19(11-7-17)32-20-12-8-18(9-13-20)23(29)30/h2-7,10-11,18,20H,8-9,12-15H2,1H3,(H,25,28)(H,29,30)(H2,26,27,31). The first kappa shape index (κ1) is 23.1. The lowest BCUT2D eigenvalue weighted by Crippen LogP contribution is -2.36. The first-order valence-corrected chi connectivity index (χ1v) is 10.8. The van der Waals surface area contributed by atoms with Crippen LogP contribution < -0.4 is 20.7 Å². The lowest BCUT2D eigenvalue weighted by molar-refractivity contribution is -0.143. The van der Waals surface area contributed by atoms with Crippen molar-refractivity contribution >= 4 is 23.6 Å². The molecule has 170 valence electrons. The number of carboxylic acids is 1. The van der Waals surface area contributed by atoms with Crippen LogP contribution >= 0.6 is 0 Å². The number of aliphatic carboxylic acids is 1. The van der Waals surface area contributed by atoms with Gasteiger partial charge in [0, 0.05) is 24.3 Å². The molecule has 0 heterocycles. The fourth-order valence-electron chi connectivity index (χ4n) is 3.64. The average molecular weight is 440 g/mol. The number of ether oxygens (including phenoxy) is 1. The van der Waals surface area contributed by atoms with Gasteiger partial charge in [-0.1, -0.05) is 18.2 Å². The molecule has 1 aliphatic carbocycles. The van der Waals surface area contributed by atoms with E-state index in [4.69, 9.17) is 9.84 Å². The maximum absolute atomic E-state index is 12.3. The third kappa shape index (κ3) is 6.73. The SMILES string of the molecule is Cc1ccccc1NC(=O)NCCNC(=O)c1ccc(OC2CCC(C(=O)O)CC2)cc1. The zero-order valence-corrected chi connectivity index (χ0v) is 18.1. The molecule has 1 saturated carbocycles. The number of rotatable bonds is 8. The molecule has 4 N–H and O–H groups in total. The Morgan fingerprint density at radius 3 is 2.25 bits per heavy atom. The number of hydrogen-bond acceptors (Lipinski definition) is 4. The van der Waals surface area contributed by atoms with Gasteiger partial charge in [0.15, 0.2) is 0 Å². The van der Waals surface area contributed by atoms with Crippen LogP contribution in [0.15, 0.2) is 48.5 Å². The number of urea groups is 1. The van der Waals surface area contributed by atoms with Crippen molar-refractivity contribution in [3.05, 3.63) is 59.7 Å². The lowest BCUT2D eigenvalue weighted by Gasteiger charge is -2.26. The molecule has 3 amide bonds. The topological polar surface area (TPSA) is 117 Å². The van der Waals surface area contributed by atoms with Crippen LogP contribution in [0, 0.1) is 12.8 Å². The molecule has 8 nitrogen and oxygen atoms in total. The Morgan fingerprint density at radius 1 is 0.938 bits per heavy atom. The van der Waals surface area contributed by atoms with E-state index in [0.717, 1.165) is 11.3 Å². The third-order valence-corrected chi connectivity index (χ3v) is 5.53. The molecule has 0 bridgehead atoms. The summed E-state index contributed by atoms with van der Waals surface area (Å²) < 4.78 is 5.92. The second kappa shape index (κ2) is 11.2. The number of amides is 3. The van der Waals surface area contributed by atoms with Crippen molar-refractivity contribution in [2.75, 3.05) is 18.4 Å². The molecule has 2 aromatic carbocycles. The molecule has 0 unspecified atom stereocenters. The number of carboxylic acid groups (broad SMARTS) is 1. The Morgan fingerprint density at radius 2 is 1.59 bits per heavy atom. The highest BCUT2D eigenvalue weighted by Crippen LogP contribution is 2.28. The second-order valence-electron chi connectivity index (χ2n) is 7.91. The Hall–Kier alpha value is -3.55. The smallest absolute Gasteiger partial charge is 0.319 e. The van der Waals surface area contributed by atoms with Crippen molar-refractivity contribution in [2.24, 2.45) is 5.92 Å². The highest BCUT2D eigenvalue weighted by molar-refractivity contribution is 5.94. The van der Waals surface area contributed by atoms with Crippen molar-refractivity contribution < 1.29 is 24.2 Å². The van der Waals surface area contributed by atoms with Gasteiger partial charge in [-0.3, -0.25) is 9.59 Å². The molecule has 0 atom stereocenters. The monoisotopic (exact) mass is 439 g/mol. The molecule has 1 aliphatic rings. The summed E-state index contributed by atoms with van der Waals surface area (Å²) in [7, 11) is 0. The van der Waals surface area contributed by atoms with Gasteiger partial charge in [-0.2, -0.15) is 0 Å². The maximum Gasteiger partial charge on any atom is 0.319 e. The predicted molar refractivity (Wildman–Crippen MR) is 121 cm³/mol. The van der Waals surface area contributed by atoms with Crippen molar-refractivity contribution in [1.29, 1.82) is 0 Å². The van der Waals surface area contributed by atoms with Crippen LogP contribution in [0.1, 0.15) is 41.6 Å². The summed E-state index contributed by atoms with van der Waals surface area (Å²) in [4.78, 5) is 35.3. The van der Waals surface area contributed by atoms with Crippen molar-refractivity contribution in [1.82, 2.24) is 10.6 Å².